The van der Waals surface area contributed by atoms with E-state index >= 15 is 0 Å². The molecule has 24 heavy (non-hydrogen) atoms. The van der Waals surface area contributed by atoms with Gasteiger partial charge >= 0.3 is 0 Å². The van der Waals surface area contributed by atoms with Crippen molar-refractivity contribution >= 4 is 22.5 Å². The fourth-order valence-electron chi connectivity index (χ4n) is 3.46. The lowest BCUT2D eigenvalue weighted by Gasteiger charge is -2.30. The number of fused-ring (bicyclic) bond motifs is 1. The Balaban J connectivity index is 2.18. The van der Waals surface area contributed by atoms with Gasteiger partial charge in [-0.25, -0.2) is 20.3 Å². The van der Waals surface area contributed by atoms with E-state index in [0.29, 0.717) is 29.0 Å². The molecule has 0 radical (unpaired) electrons. The Morgan fingerprint density at radius 1 is 1.54 bits per heavy atom. The van der Waals surface area contributed by atoms with Crippen LogP contribution in [0.1, 0.15) is 19.4 Å². The van der Waals surface area contributed by atoms with Crippen LogP contribution in [0.5, 0.6) is 0 Å². The minimum absolute atomic E-state index is 0.228. The van der Waals surface area contributed by atoms with Crippen LogP contribution >= 0.6 is 0 Å². The average molecular weight is 333 g/mol. The molecule has 128 valence electrons. The van der Waals surface area contributed by atoms with Gasteiger partial charge in [0.25, 0.3) is 0 Å². The molecule has 1 aliphatic rings. The summed E-state index contributed by atoms with van der Waals surface area (Å²) in [6.45, 7) is 8.69. The highest BCUT2D eigenvalue weighted by Crippen LogP contribution is 2.46. The van der Waals surface area contributed by atoms with Gasteiger partial charge in [0, 0.05) is 18.7 Å². The Morgan fingerprint density at radius 3 is 2.88 bits per heavy atom. The molecule has 9 nitrogen and oxygen atoms in total. The quantitative estimate of drug-likeness (QED) is 0.479. The molecule has 0 bridgehead atoms. The Bertz CT molecular complexity index is 797. The van der Waals surface area contributed by atoms with Crippen LogP contribution in [0.4, 0.5) is 11.5 Å². The first-order valence-corrected chi connectivity index (χ1v) is 7.49. The summed E-state index contributed by atoms with van der Waals surface area (Å²) < 4.78 is 1.67. The molecule has 0 spiro atoms. The minimum Gasteiger partial charge on any atom is -0.396 e. The molecule has 0 aliphatic heterocycles. The lowest BCUT2D eigenvalue weighted by Crippen LogP contribution is -2.42. The zero-order chi connectivity index (χ0) is 17.5. The standard InChI is InChI=1S/C15H19N5O4/c1-15(23)10(4-8(6-21)12(15)22)20-5-9(16-2)11-13(19-24-3)17-7-18-14(11)20/h5,7-8,10,12,21-23H,4,6H2,1,3H3,(H,17,18,19)/t8?,10?,12?,15-/m0/s1. The number of nitrogens with zero attached hydrogens (tertiary/aromatic N) is 4. The van der Waals surface area contributed by atoms with Gasteiger partial charge in [0.2, 0.25) is 5.69 Å². The minimum atomic E-state index is -1.46. The van der Waals surface area contributed by atoms with Crippen LogP contribution < -0.4 is 5.48 Å². The van der Waals surface area contributed by atoms with Crippen molar-refractivity contribution in [3.05, 3.63) is 23.9 Å². The summed E-state index contributed by atoms with van der Waals surface area (Å²) in [4.78, 5) is 16.7. The molecule has 2 heterocycles. The zero-order valence-corrected chi connectivity index (χ0v) is 13.3. The highest BCUT2D eigenvalue weighted by atomic mass is 16.6. The van der Waals surface area contributed by atoms with E-state index in [2.05, 4.69) is 20.3 Å². The third-order valence-corrected chi connectivity index (χ3v) is 4.72. The molecular weight excluding hydrogens is 314 g/mol. The second-order valence-corrected chi connectivity index (χ2v) is 6.13. The van der Waals surface area contributed by atoms with E-state index in [4.69, 9.17) is 11.4 Å². The van der Waals surface area contributed by atoms with Gasteiger partial charge in [0.05, 0.1) is 31.2 Å². The number of anilines is 1. The maximum absolute atomic E-state index is 10.7. The second kappa shape index (κ2) is 5.99. The highest BCUT2D eigenvalue weighted by Gasteiger charge is 2.51. The number of nitrogens with one attached hydrogen (secondary N) is 1. The SMILES string of the molecule is [C-]#[N+]c1cn(C2CC(CO)C(O)[C@@]2(C)O)c2ncnc(NOC)c12. The molecule has 0 saturated heterocycles. The largest absolute Gasteiger partial charge is 0.396 e. The first-order chi connectivity index (χ1) is 11.5. The van der Waals surface area contributed by atoms with Crippen molar-refractivity contribution in [3.63, 3.8) is 0 Å². The smallest absolute Gasteiger partial charge is 0.217 e. The summed E-state index contributed by atoms with van der Waals surface area (Å²) in [6.07, 6.45) is 2.21. The Labute approximate surface area is 138 Å². The van der Waals surface area contributed by atoms with Crippen molar-refractivity contribution in [3.8, 4) is 0 Å². The lowest BCUT2D eigenvalue weighted by atomic mass is 9.96. The first kappa shape index (κ1) is 16.6. The molecule has 1 fully saturated rings. The summed E-state index contributed by atoms with van der Waals surface area (Å²) in [7, 11) is 1.44. The number of hydrogen-bond acceptors (Lipinski definition) is 7. The molecule has 3 unspecified atom stereocenters. The van der Waals surface area contributed by atoms with E-state index in [1.807, 2.05) is 0 Å². The van der Waals surface area contributed by atoms with E-state index in [-0.39, 0.29) is 6.61 Å². The Hall–Kier alpha value is -2.25. The fraction of sp³-hybridized carbons (Fsp3) is 0.533. The van der Waals surface area contributed by atoms with Gasteiger partial charge in [-0.3, -0.25) is 4.84 Å². The van der Waals surface area contributed by atoms with Crippen LogP contribution in [0.15, 0.2) is 12.5 Å². The number of aromatic nitrogens is 3. The number of aliphatic hydroxyl groups is 3. The van der Waals surface area contributed by atoms with E-state index in [0.717, 1.165) is 0 Å². The zero-order valence-electron chi connectivity index (χ0n) is 13.3. The van der Waals surface area contributed by atoms with Gasteiger partial charge in [-0.05, 0) is 13.3 Å². The average Bonchev–Trinajstić information content (AvgIpc) is 3.04. The van der Waals surface area contributed by atoms with E-state index < -0.39 is 23.7 Å². The van der Waals surface area contributed by atoms with Crippen molar-refractivity contribution < 1.29 is 20.2 Å². The second-order valence-electron chi connectivity index (χ2n) is 6.13. The Kier molecular flexibility index (Phi) is 4.15. The third kappa shape index (κ3) is 2.32. The molecule has 2 aromatic rings. The molecule has 2 aromatic heterocycles. The van der Waals surface area contributed by atoms with Gasteiger partial charge < -0.3 is 19.9 Å². The Morgan fingerprint density at radius 2 is 2.29 bits per heavy atom. The first-order valence-electron chi connectivity index (χ1n) is 7.49. The maximum atomic E-state index is 10.7. The summed E-state index contributed by atoms with van der Waals surface area (Å²) in [5.41, 5.74) is 1.92. The fourth-order valence-corrected chi connectivity index (χ4v) is 3.46. The van der Waals surface area contributed by atoms with Crippen molar-refractivity contribution in [2.75, 3.05) is 19.2 Å². The molecular formula is C15H19N5O4. The van der Waals surface area contributed by atoms with Crippen LogP contribution in [-0.2, 0) is 4.84 Å². The topological polar surface area (TPSA) is 117 Å². The van der Waals surface area contributed by atoms with E-state index in [1.165, 1.54) is 20.4 Å². The molecule has 1 saturated carbocycles. The van der Waals surface area contributed by atoms with Crippen LogP contribution in [0.3, 0.4) is 0 Å². The van der Waals surface area contributed by atoms with E-state index in [1.54, 1.807) is 10.8 Å². The summed E-state index contributed by atoms with van der Waals surface area (Å²) in [5, 5.41) is 30.9. The van der Waals surface area contributed by atoms with Crippen molar-refractivity contribution in [1.82, 2.24) is 14.5 Å². The number of aliphatic hydroxyl groups excluding tert-OH is 2. The van der Waals surface area contributed by atoms with Gasteiger partial charge in [0.15, 0.2) is 5.82 Å². The molecule has 0 amide bonds. The summed E-state index contributed by atoms with van der Waals surface area (Å²) in [5.74, 6) is -0.0959. The van der Waals surface area contributed by atoms with Crippen LogP contribution in [0, 0.1) is 12.5 Å². The third-order valence-electron chi connectivity index (χ3n) is 4.72. The van der Waals surface area contributed by atoms with Crippen LogP contribution in [-0.4, -0.2) is 55.3 Å². The number of hydrogen-bond donors (Lipinski definition) is 4. The van der Waals surface area contributed by atoms with Crippen LogP contribution in [0.25, 0.3) is 15.9 Å². The van der Waals surface area contributed by atoms with Crippen molar-refractivity contribution in [1.29, 1.82) is 0 Å². The molecule has 0 aromatic carbocycles. The van der Waals surface area contributed by atoms with Crippen molar-refractivity contribution in [2.24, 2.45) is 5.92 Å². The lowest BCUT2D eigenvalue weighted by molar-refractivity contribution is -0.0776. The van der Waals surface area contributed by atoms with Gasteiger partial charge in [-0.1, -0.05) is 0 Å². The normalized spacial score (nSPS) is 29.8. The summed E-state index contributed by atoms with van der Waals surface area (Å²) in [6, 6.07) is -0.534. The van der Waals surface area contributed by atoms with E-state index in [9.17, 15) is 15.3 Å². The van der Waals surface area contributed by atoms with Gasteiger partial charge in [-0.2, -0.15) is 0 Å². The molecule has 4 atom stereocenters. The molecule has 4 N–H and O–H groups in total. The maximum Gasteiger partial charge on any atom is 0.217 e. The summed E-state index contributed by atoms with van der Waals surface area (Å²) >= 11 is 0. The molecule has 9 heteroatoms. The predicted molar refractivity (Wildman–Crippen MR) is 85.3 cm³/mol. The van der Waals surface area contributed by atoms with Gasteiger partial charge in [0.1, 0.15) is 17.6 Å². The highest BCUT2D eigenvalue weighted by molar-refractivity contribution is 5.99. The predicted octanol–water partition coefficient (Wildman–Crippen LogP) is 0.621. The molecule has 3 rings (SSSR count). The van der Waals surface area contributed by atoms with Crippen LogP contribution in [0.2, 0.25) is 0 Å². The molecule has 1 aliphatic carbocycles. The van der Waals surface area contributed by atoms with Gasteiger partial charge in [-0.15, -0.1) is 0 Å². The van der Waals surface area contributed by atoms with Crippen molar-refractivity contribution in [2.45, 2.75) is 31.1 Å². The monoisotopic (exact) mass is 333 g/mol. The number of rotatable bonds is 4.